The van der Waals surface area contributed by atoms with Crippen molar-refractivity contribution in [2.45, 2.75) is 59.3 Å². The fourth-order valence-corrected chi connectivity index (χ4v) is 5.70. The van der Waals surface area contributed by atoms with E-state index >= 15 is 0 Å². The van der Waals surface area contributed by atoms with Crippen molar-refractivity contribution in [2.24, 2.45) is 5.92 Å². The van der Waals surface area contributed by atoms with E-state index in [0.717, 1.165) is 68.5 Å². The van der Waals surface area contributed by atoms with Gasteiger partial charge in [-0.25, -0.2) is 0 Å². The molecule has 0 unspecified atom stereocenters. The minimum Gasteiger partial charge on any atom is -0.396 e. The van der Waals surface area contributed by atoms with E-state index in [4.69, 9.17) is 0 Å². The number of carbonyl (C=O) groups is 2. The molecule has 4 heteroatoms. The molecule has 4 nitrogen and oxygen atoms in total. The highest BCUT2D eigenvalue weighted by Gasteiger charge is 2.34. The molecule has 2 aliphatic carbocycles. The molecule has 0 saturated heterocycles. The normalized spacial score (nSPS) is 17.6. The summed E-state index contributed by atoms with van der Waals surface area (Å²) in [6.45, 7) is 6.14. The molecular formula is C26H30O4. The largest absolute Gasteiger partial charge is 0.396 e. The Balaban J connectivity index is 1.70. The molecule has 30 heavy (non-hydrogen) atoms. The van der Waals surface area contributed by atoms with Crippen LogP contribution in [0.15, 0.2) is 12.1 Å². The van der Waals surface area contributed by atoms with Crippen LogP contribution in [-0.2, 0) is 32.1 Å². The van der Waals surface area contributed by atoms with E-state index in [-0.39, 0.29) is 30.7 Å². The molecule has 1 atom stereocenters. The van der Waals surface area contributed by atoms with Crippen molar-refractivity contribution in [3.63, 3.8) is 0 Å². The summed E-state index contributed by atoms with van der Waals surface area (Å²) in [5.74, 6) is 0.264. The Morgan fingerprint density at radius 3 is 2.23 bits per heavy atom. The fraction of sp³-hybridized carbons (Fsp3) is 0.462. The third-order valence-electron chi connectivity index (χ3n) is 7.07. The van der Waals surface area contributed by atoms with Crippen LogP contribution in [0.4, 0.5) is 0 Å². The number of fused-ring (bicyclic) bond motifs is 2. The van der Waals surface area contributed by atoms with Crippen LogP contribution in [0.2, 0.25) is 0 Å². The van der Waals surface area contributed by atoms with Gasteiger partial charge in [0, 0.05) is 36.7 Å². The number of carbonyl (C=O) groups excluding carboxylic acids is 2. The second-order valence-corrected chi connectivity index (χ2v) is 8.84. The zero-order valence-corrected chi connectivity index (χ0v) is 18.1. The number of aliphatic hydroxyl groups is 2. The number of rotatable bonds is 6. The Morgan fingerprint density at radius 2 is 1.53 bits per heavy atom. The Labute approximate surface area is 177 Å². The average molecular weight is 407 g/mol. The molecule has 4 rings (SSSR count). The topological polar surface area (TPSA) is 74.6 Å². The van der Waals surface area contributed by atoms with Crippen molar-refractivity contribution in [1.29, 1.82) is 0 Å². The van der Waals surface area contributed by atoms with Crippen LogP contribution in [0.1, 0.15) is 71.6 Å². The number of Topliss-reactive ketones (excluding diaryl/α,β-unsaturated/α-hetero) is 2. The number of ketones is 2. The molecule has 0 heterocycles. The van der Waals surface area contributed by atoms with E-state index in [1.54, 1.807) is 0 Å². The highest BCUT2D eigenvalue weighted by molar-refractivity contribution is 6.04. The zero-order chi connectivity index (χ0) is 21.6. The molecule has 0 saturated carbocycles. The third-order valence-corrected chi connectivity index (χ3v) is 7.07. The molecule has 0 radical (unpaired) electrons. The smallest absolute Gasteiger partial charge is 0.167 e. The van der Waals surface area contributed by atoms with Crippen molar-refractivity contribution < 1.29 is 19.8 Å². The van der Waals surface area contributed by atoms with Crippen LogP contribution in [-0.4, -0.2) is 35.0 Å². The summed E-state index contributed by atoms with van der Waals surface area (Å²) in [6, 6.07) is 4.23. The van der Waals surface area contributed by atoms with E-state index in [9.17, 15) is 19.8 Å². The number of aryl methyl sites for hydroxylation is 2. The summed E-state index contributed by atoms with van der Waals surface area (Å²) < 4.78 is 0. The average Bonchev–Trinajstić information content (AvgIpc) is 3.22. The van der Waals surface area contributed by atoms with E-state index in [0.29, 0.717) is 25.7 Å². The first kappa shape index (κ1) is 21.0. The van der Waals surface area contributed by atoms with Gasteiger partial charge in [0.15, 0.2) is 11.6 Å². The van der Waals surface area contributed by atoms with E-state index < -0.39 is 0 Å². The molecule has 158 valence electrons. The maximum Gasteiger partial charge on any atom is 0.167 e. The van der Waals surface area contributed by atoms with Crippen LogP contribution in [0.5, 0.6) is 0 Å². The van der Waals surface area contributed by atoms with E-state index in [1.807, 2.05) is 13.8 Å². The molecule has 2 aromatic carbocycles. The molecule has 0 amide bonds. The first-order valence-electron chi connectivity index (χ1n) is 10.9. The maximum absolute atomic E-state index is 13.4. The molecule has 0 aliphatic heterocycles. The minimum absolute atomic E-state index is 0.0302. The van der Waals surface area contributed by atoms with Gasteiger partial charge in [0.05, 0.1) is 0 Å². The second-order valence-electron chi connectivity index (χ2n) is 8.84. The van der Waals surface area contributed by atoms with Gasteiger partial charge in [-0.15, -0.1) is 0 Å². The van der Waals surface area contributed by atoms with Gasteiger partial charge in [-0.2, -0.15) is 0 Å². The van der Waals surface area contributed by atoms with Crippen LogP contribution in [0.3, 0.4) is 0 Å². The Hall–Kier alpha value is -2.30. The zero-order valence-electron chi connectivity index (χ0n) is 18.1. The van der Waals surface area contributed by atoms with Gasteiger partial charge >= 0.3 is 0 Å². The summed E-state index contributed by atoms with van der Waals surface area (Å²) in [5, 5.41) is 19.0. The van der Waals surface area contributed by atoms with E-state index in [2.05, 4.69) is 19.1 Å². The van der Waals surface area contributed by atoms with E-state index in [1.165, 1.54) is 0 Å². The van der Waals surface area contributed by atoms with Gasteiger partial charge in [-0.1, -0.05) is 12.1 Å². The van der Waals surface area contributed by atoms with Crippen LogP contribution < -0.4 is 0 Å². The lowest BCUT2D eigenvalue weighted by molar-refractivity contribution is 0.0934. The van der Waals surface area contributed by atoms with Gasteiger partial charge in [-0.3, -0.25) is 9.59 Å². The number of hydrogen-bond donors (Lipinski definition) is 2. The molecule has 0 bridgehead atoms. The lowest BCUT2D eigenvalue weighted by Gasteiger charge is -2.18. The summed E-state index contributed by atoms with van der Waals surface area (Å²) in [4.78, 5) is 25.7. The van der Waals surface area contributed by atoms with Gasteiger partial charge < -0.3 is 10.2 Å². The highest BCUT2D eigenvalue weighted by atomic mass is 16.3. The van der Waals surface area contributed by atoms with Gasteiger partial charge in [0.2, 0.25) is 0 Å². The Kier molecular flexibility index (Phi) is 5.65. The van der Waals surface area contributed by atoms with Gasteiger partial charge in [-0.05, 0) is 97.4 Å². The second kappa shape index (κ2) is 8.09. The van der Waals surface area contributed by atoms with Crippen molar-refractivity contribution >= 4 is 11.6 Å². The Bertz CT molecular complexity index is 1050. The van der Waals surface area contributed by atoms with Crippen molar-refractivity contribution in [2.75, 3.05) is 13.2 Å². The highest BCUT2D eigenvalue weighted by Crippen LogP contribution is 2.37. The molecule has 2 aromatic rings. The summed E-state index contributed by atoms with van der Waals surface area (Å²) in [7, 11) is 0. The van der Waals surface area contributed by atoms with Crippen molar-refractivity contribution in [3.8, 4) is 0 Å². The molecule has 2 N–H and O–H groups in total. The minimum atomic E-state index is -0.116. The predicted octanol–water partition coefficient (Wildman–Crippen LogP) is 3.41. The predicted molar refractivity (Wildman–Crippen MR) is 117 cm³/mol. The SMILES string of the molecule is Cc1cc2c(c(C)c1CCO)C(=O)[C@H](Cc1cc3c(c(C)c1CCO)C(=O)CC3)C2. The molecule has 0 spiro atoms. The van der Waals surface area contributed by atoms with Crippen molar-refractivity contribution in [3.05, 3.63) is 67.8 Å². The van der Waals surface area contributed by atoms with Crippen LogP contribution in [0.25, 0.3) is 0 Å². The monoisotopic (exact) mass is 406 g/mol. The van der Waals surface area contributed by atoms with Crippen LogP contribution in [0, 0.1) is 26.7 Å². The molecule has 0 fully saturated rings. The molecule has 2 aliphatic rings. The first-order valence-corrected chi connectivity index (χ1v) is 10.9. The van der Waals surface area contributed by atoms with Crippen LogP contribution >= 0.6 is 0 Å². The lowest BCUT2D eigenvalue weighted by Crippen LogP contribution is -2.16. The standard InChI is InChI=1S/C26H30O4/c1-14-10-19-13-20(26(30)25(19)15(2)21(14)6-8-27)12-18-11-17-4-5-23(29)24(17)16(3)22(18)7-9-28/h10-11,20,27-28H,4-9,12-13H2,1-3H3/t20-/m1/s1. The number of hydrogen-bond acceptors (Lipinski definition) is 4. The van der Waals surface area contributed by atoms with Gasteiger partial charge in [0.1, 0.15) is 0 Å². The third kappa shape index (κ3) is 3.32. The quantitative estimate of drug-likeness (QED) is 0.771. The number of benzene rings is 2. The maximum atomic E-state index is 13.4. The molecule has 0 aromatic heterocycles. The van der Waals surface area contributed by atoms with Gasteiger partial charge in [0.25, 0.3) is 0 Å². The summed E-state index contributed by atoms with van der Waals surface area (Å²) in [5.41, 5.74) is 10.2. The number of aliphatic hydroxyl groups excluding tert-OH is 2. The first-order chi connectivity index (χ1) is 14.4. The summed E-state index contributed by atoms with van der Waals surface area (Å²) >= 11 is 0. The van der Waals surface area contributed by atoms with Crippen molar-refractivity contribution in [1.82, 2.24) is 0 Å². The Morgan fingerprint density at radius 1 is 0.867 bits per heavy atom. The molecular weight excluding hydrogens is 376 g/mol. The summed E-state index contributed by atoms with van der Waals surface area (Å²) in [6.07, 6.45) is 3.76. The lowest BCUT2D eigenvalue weighted by atomic mass is 9.86. The fourth-order valence-electron chi connectivity index (χ4n) is 5.70.